The highest BCUT2D eigenvalue weighted by atomic mass is 16.5. The van der Waals surface area contributed by atoms with Gasteiger partial charge < -0.3 is 13.6 Å². The van der Waals surface area contributed by atoms with E-state index in [0.29, 0.717) is 28.1 Å². The van der Waals surface area contributed by atoms with Crippen molar-refractivity contribution < 1.29 is 22.9 Å². The Bertz CT molecular complexity index is 1480. The van der Waals surface area contributed by atoms with Gasteiger partial charge in [-0.1, -0.05) is 12.1 Å². The SMILES string of the molecule is Cc1oc2cc(OC(=O)c3ccco3)ccc2c(=O)c1-c1[nH]c2ccccc2[n+]1C. The van der Waals surface area contributed by atoms with E-state index in [-0.39, 0.29) is 16.9 Å². The second kappa shape index (κ2) is 6.73. The number of esters is 1. The number of para-hydroxylation sites is 2. The van der Waals surface area contributed by atoms with Crippen LogP contribution in [0, 0.1) is 6.92 Å². The number of nitrogens with one attached hydrogen (secondary N) is 1. The summed E-state index contributed by atoms with van der Waals surface area (Å²) >= 11 is 0. The van der Waals surface area contributed by atoms with Gasteiger partial charge in [-0.3, -0.25) is 4.79 Å². The molecule has 0 atom stereocenters. The molecule has 30 heavy (non-hydrogen) atoms. The summed E-state index contributed by atoms with van der Waals surface area (Å²) in [6.45, 7) is 1.74. The van der Waals surface area contributed by atoms with E-state index >= 15 is 0 Å². The number of rotatable bonds is 3. The summed E-state index contributed by atoms with van der Waals surface area (Å²) in [4.78, 5) is 28.7. The van der Waals surface area contributed by atoms with Gasteiger partial charge in [0.05, 0.1) is 18.7 Å². The predicted octanol–water partition coefficient (Wildman–Crippen LogP) is 3.89. The van der Waals surface area contributed by atoms with Gasteiger partial charge in [0.1, 0.15) is 22.7 Å². The Kier molecular flexibility index (Phi) is 4.03. The minimum atomic E-state index is -0.625. The zero-order valence-corrected chi connectivity index (χ0v) is 16.3. The minimum absolute atomic E-state index is 0.0920. The zero-order chi connectivity index (χ0) is 20.8. The molecule has 3 heterocycles. The number of fused-ring (bicyclic) bond motifs is 2. The Morgan fingerprint density at radius 2 is 1.93 bits per heavy atom. The maximum atomic E-state index is 13.3. The first-order valence-corrected chi connectivity index (χ1v) is 9.33. The molecule has 5 aromatic rings. The third kappa shape index (κ3) is 2.79. The first-order valence-electron chi connectivity index (χ1n) is 9.33. The van der Waals surface area contributed by atoms with Crippen LogP contribution in [0.1, 0.15) is 16.3 Å². The lowest BCUT2D eigenvalue weighted by Gasteiger charge is -2.06. The van der Waals surface area contributed by atoms with E-state index in [0.717, 1.165) is 11.0 Å². The van der Waals surface area contributed by atoms with E-state index in [9.17, 15) is 9.59 Å². The molecule has 0 saturated heterocycles. The third-order valence-electron chi connectivity index (χ3n) is 5.06. The molecule has 0 amide bonds. The normalized spacial score (nSPS) is 11.3. The molecule has 0 saturated carbocycles. The molecule has 7 heteroatoms. The molecular weight excluding hydrogens is 384 g/mol. The topological polar surface area (TPSA) is 89.3 Å². The zero-order valence-electron chi connectivity index (χ0n) is 16.3. The van der Waals surface area contributed by atoms with Crippen LogP contribution in [0.15, 0.2) is 74.5 Å². The van der Waals surface area contributed by atoms with Gasteiger partial charge >= 0.3 is 5.97 Å². The third-order valence-corrected chi connectivity index (χ3v) is 5.06. The van der Waals surface area contributed by atoms with E-state index in [2.05, 4.69) is 4.98 Å². The van der Waals surface area contributed by atoms with E-state index < -0.39 is 5.97 Å². The van der Waals surface area contributed by atoms with Crippen LogP contribution in [0.4, 0.5) is 0 Å². The molecule has 0 unspecified atom stereocenters. The van der Waals surface area contributed by atoms with Gasteiger partial charge in [-0.25, -0.2) is 14.3 Å². The first-order chi connectivity index (χ1) is 14.5. The number of benzene rings is 2. The number of nitrogens with zero attached hydrogens (tertiary/aromatic N) is 1. The van der Waals surface area contributed by atoms with Crippen molar-refractivity contribution >= 4 is 28.0 Å². The van der Waals surface area contributed by atoms with Crippen LogP contribution in [0.25, 0.3) is 33.4 Å². The molecule has 0 radical (unpaired) electrons. The van der Waals surface area contributed by atoms with Crippen molar-refractivity contribution in [3.05, 3.63) is 82.6 Å². The average Bonchev–Trinajstić information content (AvgIpc) is 3.37. The summed E-state index contributed by atoms with van der Waals surface area (Å²) in [5, 5.41) is 0.395. The molecule has 3 aromatic heterocycles. The van der Waals surface area contributed by atoms with Crippen LogP contribution >= 0.6 is 0 Å². The highest BCUT2D eigenvalue weighted by molar-refractivity contribution is 5.89. The summed E-state index contributed by atoms with van der Waals surface area (Å²) in [6, 6.07) is 15.6. The number of hydrogen-bond donors (Lipinski definition) is 1. The Balaban J connectivity index is 1.61. The molecule has 0 aliphatic carbocycles. The number of carbonyl (C=O) groups excluding carboxylic acids is 1. The predicted molar refractivity (Wildman–Crippen MR) is 109 cm³/mol. The van der Waals surface area contributed by atoms with Crippen molar-refractivity contribution in [2.45, 2.75) is 6.92 Å². The van der Waals surface area contributed by atoms with E-state index in [4.69, 9.17) is 13.6 Å². The first kappa shape index (κ1) is 17.9. The van der Waals surface area contributed by atoms with Crippen LogP contribution in [-0.2, 0) is 7.05 Å². The number of hydrogen-bond acceptors (Lipinski definition) is 5. The Hall–Kier alpha value is -4.13. The standard InChI is InChI=1S/C23H16N2O5/c1-13-20(22-24-16-6-3-4-7-17(16)25(22)2)21(26)15-10-9-14(12-19(15)29-13)30-23(27)18-8-5-11-28-18/h3-12H,1-2H3/p+1. The smallest absolute Gasteiger partial charge is 0.379 e. The van der Waals surface area contributed by atoms with Crippen molar-refractivity contribution in [1.82, 2.24) is 4.98 Å². The number of H-pyrrole nitrogens is 1. The summed E-state index contributed by atoms with van der Waals surface area (Å²) in [5.41, 5.74) is 2.53. The molecule has 148 valence electrons. The molecule has 0 aliphatic rings. The average molecular weight is 401 g/mol. The maximum Gasteiger partial charge on any atom is 0.379 e. The summed E-state index contributed by atoms with van der Waals surface area (Å²) in [6.07, 6.45) is 1.39. The summed E-state index contributed by atoms with van der Waals surface area (Å²) in [5.74, 6) is 0.853. The Labute approximate surface area is 170 Å². The van der Waals surface area contributed by atoms with Gasteiger partial charge in [-0.05, 0) is 43.3 Å². The number of imidazole rings is 1. The summed E-state index contributed by atoms with van der Waals surface area (Å²) in [7, 11) is 1.90. The fourth-order valence-corrected chi connectivity index (χ4v) is 3.61. The van der Waals surface area contributed by atoms with Crippen molar-refractivity contribution in [3.63, 3.8) is 0 Å². The van der Waals surface area contributed by atoms with E-state index in [1.165, 1.54) is 18.4 Å². The molecule has 2 aromatic carbocycles. The maximum absolute atomic E-state index is 13.3. The van der Waals surface area contributed by atoms with Crippen molar-refractivity contribution in [1.29, 1.82) is 0 Å². The lowest BCUT2D eigenvalue weighted by molar-refractivity contribution is -0.633. The van der Waals surface area contributed by atoms with Crippen molar-refractivity contribution in [2.75, 3.05) is 0 Å². The second-order valence-electron chi connectivity index (χ2n) is 6.94. The van der Waals surface area contributed by atoms with Gasteiger partial charge in [-0.15, -0.1) is 0 Å². The number of aromatic amines is 1. The van der Waals surface area contributed by atoms with Crippen LogP contribution in [-0.4, -0.2) is 11.0 Å². The lowest BCUT2D eigenvalue weighted by atomic mass is 10.1. The largest absolute Gasteiger partial charge is 0.460 e. The van der Waals surface area contributed by atoms with Crippen molar-refractivity contribution in [2.24, 2.45) is 7.05 Å². The van der Waals surface area contributed by atoms with Crippen LogP contribution in [0.3, 0.4) is 0 Å². The monoisotopic (exact) mass is 401 g/mol. The molecular formula is C23H17N2O5+. The quantitative estimate of drug-likeness (QED) is 0.281. The van der Waals surface area contributed by atoms with Gasteiger partial charge in [-0.2, -0.15) is 0 Å². The molecule has 0 bridgehead atoms. The van der Waals surface area contributed by atoms with Crippen LogP contribution < -0.4 is 14.7 Å². The number of furan rings is 1. The van der Waals surface area contributed by atoms with Crippen LogP contribution in [0.2, 0.25) is 0 Å². The Morgan fingerprint density at radius 3 is 2.70 bits per heavy atom. The molecule has 0 fully saturated rings. The highest BCUT2D eigenvalue weighted by Gasteiger charge is 2.25. The molecule has 0 spiro atoms. The van der Waals surface area contributed by atoms with E-state index in [1.54, 1.807) is 25.1 Å². The van der Waals surface area contributed by atoms with Gasteiger partial charge in [0.15, 0.2) is 11.0 Å². The Morgan fingerprint density at radius 1 is 1.10 bits per heavy atom. The fraction of sp³-hybridized carbons (Fsp3) is 0.0870. The second-order valence-corrected chi connectivity index (χ2v) is 6.94. The number of carbonyl (C=O) groups is 1. The van der Waals surface area contributed by atoms with Crippen LogP contribution in [0.5, 0.6) is 5.75 Å². The summed E-state index contributed by atoms with van der Waals surface area (Å²) < 4.78 is 18.2. The lowest BCUT2D eigenvalue weighted by Crippen LogP contribution is -2.31. The molecule has 1 N–H and O–H groups in total. The number of aromatic nitrogens is 2. The van der Waals surface area contributed by atoms with E-state index in [1.807, 2.05) is 35.9 Å². The van der Waals surface area contributed by atoms with Gasteiger partial charge in [0, 0.05) is 6.07 Å². The molecule has 0 aliphatic heterocycles. The minimum Gasteiger partial charge on any atom is -0.460 e. The molecule has 7 nitrogen and oxygen atoms in total. The molecule has 5 rings (SSSR count). The fourth-order valence-electron chi connectivity index (χ4n) is 3.61. The highest BCUT2D eigenvalue weighted by Crippen LogP contribution is 2.26. The van der Waals surface area contributed by atoms with Crippen molar-refractivity contribution in [3.8, 4) is 17.1 Å². The number of aryl methyl sites for hydroxylation is 2. The number of ether oxygens (including phenoxy) is 1. The van der Waals surface area contributed by atoms with Gasteiger partial charge in [0.2, 0.25) is 11.2 Å². The van der Waals surface area contributed by atoms with Gasteiger partial charge in [0.25, 0.3) is 5.82 Å².